The summed E-state index contributed by atoms with van der Waals surface area (Å²) in [7, 11) is 0. The topological polar surface area (TPSA) is 21.3 Å². The van der Waals surface area contributed by atoms with Crippen LogP contribution in [0.25, 0.3) is 0 Å². The second-order valence-electron chi connectivity index (χ2n) is 5.74. The number of halogens is 1. The van der Waals surface area contributed by atoms with Gasteiger partial charge in [0, 0.05) is 23.7 Å². The summed E-state index contributed by atoms with van der Waals surface area (Å²) in [6, 6.07) is 9.16. The molecule has 0 radical (unpaired) electrons. The van der Waals surface area contributed by atoms with Gasteiger partial charge in [0.25, 0.3) is 0 Å². The van der Waals surface area contributed by atoms with E-state index in [4.69, 9.17) is 4.74 Å². The minimum absolute atomic E-state index is 0.580. The first-order chi connectivity index (χ1) is 9.79. The van der Waals surface area contributed by atoms with Crippen molar-refractivity contribution >= 4 is 15.9 Å². The lowest BCUT2D eigenvalue weighted by Crippen LogP contribution is -2.35. The molecule has 1 fully saturated rings. The van der Waals surface area contributed by atoms with Crippen LogP contribution in [0.5, 0.6) is 0 Å². The first-order valence-electron chi connectivity index (χ1n) is 7.84. The number of ether oxygens (including phenoxy) is 1. The van der Waals surface area contributed by atoms with Crippen LogP contribution in [0.2, 0.25) is 0 Å². The highest BCUT2D eigenvalue weighted by Crippen LogP contribution is 2.24. The second-order valence-corrected chi connectivity index (χ2v) is 6.59. The third-order valence-electron chi connectivity index (χ3n) is 4.07. The maximum absolute atomic E-state index is 5.47. The molecule has 1 N–H and O–H groups in total. The van der Waals surface area contributed by atoms with Gasteiger partial charge in [-0.2, -0.15) is 0 Å². The van der Waals surface area contributed by atoms with Crippen molar-refractivity contribution in [3.63, 3.8) is 0 Å². The molecule has 0 aliphatic carbocycles. The molecule has 1 aliphatic heterocycles. The lowest BCUT2D eigenvalue weighted by atomic mass is 9.90. The van der Waals surface area contributed by atoms with Crippen LogP contribution in [-0.4, -0.2) is 25.8 Å². The zero-order chi connectivity index (χ0) is 14.2. The molecule has 0 aromatic heterocycles. The summed E-state index contributed by atoms with van der Waals surface area (Å²) in [6.45, 7) is 5.23. The molecular weight excluding hydrogens is 314 g/mol. The van der Waals surface area contributed by atoms with Crippen molar-refractivity contribution in [2.75, 3.05) is 19.8 Å². The molecule has 2 nitrogen and oxygen atoms in total. The van der Waals surface area contributed by atoms with E-state index in [0.717, 1.165) is 32.1 Å². The number of hydrogen-bond acceptors (Lipinski definition) is 2. The van der Waals surface area contributed by atoms with Gasteiger partial charge < -0.3 is 10.1 Å². The van der Waals surface area contributed by atoms with Gasteiger partial charge in [0.2, 0.25) is 0 Å². The van der Waals surface area contributed by atoms with Gasteiger partial charge >= 0.3 is 0 Å². The van der Waals surface area contributed by atoms with Gasteiger partial charge in [0.15, 0.2) is 0 Å². The predicted molar refractivity (Wildman–Crippen MR) is 88.1 cm³/mol. The number of nitrogens with one attached hydrogen (secondary N) is 1. The average molecular weight is 340 g/mol. The van der Waals surface area contributed by atoms with Crippen LogP contribution in [0.4, 0.5) is 0 Å². The molecule has 1 aromatic rings. The average Bonchev–Trinajstić information content (AvgIpc) is 2.48. The second kappa shape index (κ2) is 8.81. The molecule has 0 bridgehead atoms. The van der Waals surface area contributed by atoms with E-state index in [1.165, 1.54) is 35.7 Å². The molecule has 1 unspecified atom stereocenters. The van der Waals surface area contributed by atoms with Crippen LogP contribution in [0.1, 0.15) is 38.2 Å². The number of hydrogen-bond donors (Lipinski definition) is 1. The fourth-order valence-corrected chi connectivity index (χ4v) is 3.35. The highest BCUT2D eigenvalue weighted by Gasteiger charge is 2.19. The smallest absolute Gasteiger partial charge is 0.0468 e. The monoisotopic (exact) mass is 339 g/mol. The molecule has 112 valence electrons. The molecule has 1 aromatic carbocycles. The Hall–Kier alpha value is -0.380. The highest BCUT2D eigenvalue weighted by atomic mass is 79.9. The largest absolute Gasteiger partial charge is 0.381 e. The first-order valence-corrected chi connectivity index (χ1v) is 8.63. The predicted octanol–water partition coefficient (Wildman–Crippen LogP) is 4.18. The van der Waals surface area contributed by atoms with Crippen LogP contribution in [-0.2, 0) is 11.2 Å². The Bertz CT molecular complexity index is 390. The van der Waals surface area contributed by atoms with Gasteiger partial charge in [-0.15, -0.1) is 0 Å². The van der Waals surface area contributed by atoms with E-state index >= 15 is 0 Å². The Labute approximate surface area is 131 Å². The molecular formula is C17H26BrNO. The fourth-order valence-electron chi connectivity index (χ4n) is 2.90. The van der Waals surface area contributed by atoms with Crippen LogP contribution >= 0.6 is 15.9 Å². The van der Waals surface area contributed by atoms with E-state index in [-0.39, 0.29) is 0 Å². The van der Waals surface area contributed by atoms with Crippen LogP contribution in [0.3, 0.4) is 0 Å². The summed E-state index contributed by atoms with van der Waals surface area (Å²) in [6.07, 6.45) is 6.02. The van der Waals surface area contributed by atoms with Crippen molar-refractivity contribution in [2.45, 2.75) is 45.1 Å². The Balaban J connectivity index is 1.93. The highest BCUT2D eigenvalue weighted by molar-refractivity contribution is 9.10. The van der Waals surface area contributed by atoms with Crippen molar-refractivity contribution < 1.29 is 4.74 Å². The minimum atomic E-state index is 0.580. The molecule has 1 aliphatic rings. The van der Waals surface area contributed by atoms with Crippen LogP contribution in [0.15, 0.2) is 28.7 Å². The van der Waals surface area contributed by atoms with Crippen molar-refractivity contribution in [1.29, 1.82) is 0 Å². The van der Waals surface area contributed by atoms with Crippen molar-refractivity contribution in [3.8, 4) is 0 Å². The molecule has 0 saturated carbocycles. The lowest BCUT2D eigenvalue weighted by Gasteiger charge is -2.27. The molecule has 0 amide bonds. The zero-order valence-electron chi connectivity index (χ0n) is 12.4. The fraction of sp³-hybridized carbons (Fsp3) is 0.647. The summed E-state index contributed by atoms with van der Waals surface area (Å²) < 4.78 is 6.70. The zero-order valence-corrected chi connectivity index (χ0v) is 14.0. The van der Waals surface area contributed by atoms with E-state index in [1.54, 1.807) is 0 Å². The third-order valence-corrected chi connectivity index (χ3v) is 4.84. The van der Waals surface area contributed by atoms with E-state index in [2.05, 4.69) is 52.4 Å². The Kier molecular flexibility index (Phi) is 7.05. The van der Waals surface area contributed by atoms with Gasteiger partial charge in [-0.3, -0.25) is 0 Å². The van der Waals surface area contributed by atoms with Gasteiger partial charge in [0.1, 0.15) is 0 Å². The minimum Gasteiger partial charge on any atom is -0.381 e. The summed E-state index contributed by atoms with van der Waals surface area (Å²) in [5.41, 5.74) is 1.41. The van der Waals surface area contributed by atoms with Crippen molar-refractivity contribution in [2.24, 2.45) is 5.92 Å². The number of rotatable bonds is 7. The summed E-state index contributed by atoms with van der Waals surface area (Å²) >= 11 is 3.67. The summed E-state index contributed by atoms with van der Waals surface area (Å²) in [4.78, 5) is 0. The van der Waals surface area contributed by atoms with Gasteiger partial charge in [0.05, 0.1) is 0 Å². The molecule has 2 rings (SSSR count). The standard InChI is InChI=1S/C17H26BrNO/c1-2-9-19-16(12-14-7-10-20-11-8-14)13-15-5-3-4-6-17(15)18/h3-6,14,16,19H,2,7-13H2,1H3. The SMILES string of the molecule is CCCNC(Cc1ccccc1Br)CC1CCOCC1. The lowest BCUT2D eigenvalue weighted by molar-refractivity contribution is 0.0605. The molecule has 1 atom stereocenters. The van der Waals surface area contributed by atoms with E-state index in [9.17, 15) is 0 Å². The molecule has 20 heavy (non-hydrogen) atoms. The Morgan fingerprint density at radius 2 is 2.05 bits per heavy atom. The van der Waals surface area contributed by atoms with E-state index < -0.39 is 0 Å². The Morgan fingerprint density at radius 1 is 1.30 bits per heavy atom. The maximum atomic E-state index is 5.47. The summed E-state index contributed by atoms with van der Waals surface area (Å²) in [5.74, 6) is 0.820. The van der Waals surface area contributed by atoms with Gasteiger partial charge in [-0.05, 0) is 56.2 Å². The normalized spacial score (nSPS) is 18.1. The van der Waals surface area contributed by atoms with Crippen molar-refractivity contribution in [1.82, 2.24) is 5.32 Å². The van der Waals surface area contributed by atoms with Crippen LogP contribution < -0.4 is 5.32 Å². The van der Waals surface area contributed by atoms with Gasteiger partial charge in [-0.25, -0.2) is 0 Å². The van der Waals surface area contributed by atoms with E-state index in [1.807, 2.05) is 0 Å². The van der Waals surface area contributed by atoms with Crippen LogP contribution in [0, 0.1) is 5.92 Å². The maximum Gasteiger partial charge on any atom is 0.0468 e. The van der Waals surface area contributed by atoms with Crippen molar-refractivity contribution in [3.05, 3.63) is 34.3 Å². The third kappa shape index (κ3) is 5.19. The van der Waals surface area contributed by atoms with Gasteiger partial charge in [-0.1, -0.05) is 41.1 Å². The van der Waals surface area contributed by atoms with E-state index in [0.29, 0.717) is 6.04 Å². The quantitative estimate of drug-likeness (QED) is 0.804. The number of benzene rings is 1. The molecule has 3 heteroatoms. The Morgan fingerprint density at radius 3 is 2.75 bits per heavy atom. The molecule has 1 heterocycles. The first kappa shape index (κ1) is 16.0. The molecule has 0 spiro atoms. The summed E-state index contributed by atoms with van der Waals surface area (Å²) in [5, 5.41) is 3.73. The molecule has 1 saturated heterocycles.